The lowest BCUT2D eigenvalue weighted by atomic mass is 9.89. The van der Waals surface area contributed by atoms with Gasteiger partial charge in [-0.15, -0.1) is 0 Å². The Kier molecular flexibility index (Phi) is 5.83. The van der Waals surface area contributed by atoms with Crippen LogP contribution in [-0.2, 0) is 19.4 Å². The summed E-state index contributed by atoms with van der Waals surface area (Å²) in [4.78, 5) is 20.3. The Bertz CT molecular complexity index is 656. The third kappa shape index (κ3) is 3.92. The van der Waals surface area contributed by atoms with Gasteiger partial charge in [0.05, 0.1) is 0 Å². The van der Waals surface area contributed by atoms with Crippen LogP contribution in [0.4, 0.5) is 0 Å². The number of nitrogens with zero attached hydrogens (tertiary/aromatic N) is 5. The van der Waals surface area contributed by atoms with E-state index in [2.05, 4.69) is 28.5 Å². The van der Waals surface area contributed by atoms with Gasteiger partial charge in [-0.25, -0.2) is 0 Å². The van der Waals surface area contributed by atoms with Crippen LogP contribution < -0.4 is 0 Å². The van der Waals surface area contributed by atoms with Crippen molar-refractivity contribution in [1.82, 2.24) is 24.5 Å². The molecule has 2 fully saturated rings. The number of fused-ring (bicyclic) bond motifs is 1. The van der Waals surface area contributed by atoms with E-state index in [0.717, 1.165) is 83.6 Å². The van der Waals surface area contributed by atoms with Crippen molar-refractivity contribution in [1.29, 1.82) is 0 Å². The van der Waals surface area contributed by atoms with Crippen LogP contribution in [0.25, 0.3) is 0 Å². The number of piperidine rings is 1. The Morgan fingerprint density at radius 3 is 2.52 bits per heavy atom. The number of rotatable bonds is 4. The van der Waals surface area contributed by atoms with Crippen LogP contribution in [-0.4, -0.2) is 82.7 Å². The SMILES string of the molecule is CCCn1nc(C(=O)N2CCCCC2)c2c1CCC(N1CCN(C)CC1)C2. The highest BCUT2D eigenvalue weighted by Gasteiger charge is 2.34. The number of carbonyl (C=O) groups excluding carboxylic acids is 1. The molecule has 6 heteroatoms. The Labute approximate surface area is 163 Å². The molecule has 0 aromatic carbocycles. The Morgan fingerprint density at radius 2 is 1.81 bits per heavy atom. The van der Waals surface area contributed by atoms with Gasteiger partial charge in [0.1, 0.15) is 0 Å². The van der Waals surface area contributed by atoms with E-state index >= 15 is 0 Å². The third-order valence-corrected chi connectivity index (χ3v) is 6.66. The fraction of sp³-hybridized carbons (Fsp3) is 0.810. The number of piperazine rings is 1. The zero-order valence-corrected chi connectivity index (χ0v) is 17.1. The summed E-state index contributed by atoms with van der Waals surface area (Å²) < 4.78 is 2.15. The molecule has 3 aliphatic rings. The normalized spacial score (nSPS) is 24.8. The summed E-state index contributed by atoms with van der Waals surface area (Å²) in [5, 5.41) is 4.85. The summed E-state index contributed by atoms with van der Waals surface area (Å²) in [6.07, 6.45) is 7.83. The van der Waals surface area contributed by atoms with Crippen molar-refractivity contribution in [2.24, 2.45) is 0 Å². The van der Waals surface area contributed by atoms with E-state index in [0.29, 0.717) is 6.04 Å². The Balaban J connectivity index is 1.57. The summed E-state index contributed by atoms with van der Waals surface area (Å²) in [6.45, 7) is 9.51. The number of aromatic nitrogens is 2. The summed E-state index contributed by atoms with van der Waals surface area (Å²) in [5.41, 5.74) is 3.36. The number of hydrogen-bond acceptors (Lipinski definition) is 4. The number of amides is 1. The zero-order chi connectivity index (χ0) is 18.8. The van der Waals surface area contributed by atoms with Crippen LogP contribution in [0, 0.1) is 0 Å². The molecule has 1 aromatic rings. The van der Waals surface area contributed by atoms with E-state index < -0.39 is 0 Å². The van der Waals surface area contributed by atoms with E-state index in [1.54, 1.807) is 0 Å². The van der Waals surface area contributed by atoms with Crippen LogP contribution in [0.15, 0.2) is 0 Å². The molecule has 0 radical (unpaired) electrons. The summed E-state index contributed by atoms with van der Waals surface area (Å²) in [7, 11) is 2.21. The first-order valence-corrected chi connectivity index (χ1v) is 11.0. The van der Waals surface area contributed by atoms with Gasteiger partial charge in [0.2, 0.25) is 0 Å². The van der Waals surface area contributed by atoms with Crippen LogP contribution in [0.3, 0.4) is 0 Å². The van der Waals surface area contributed by atoms with Crippen LogP contribution >= 0.6 is 0 Å². The smallest absolute Gasteiger partial charge is 0.274 e. The maximum absolute atomic E-state index is 13.2. The van der Waals surface area contributed by atoms with Crippen LogP contribution in [0.5, 0.6) is 0 Å². The summed E-state index contributed by atoms with van der Waals surface area (Å²) >= 11 is 0. The lowest BCUT2D eigenvalue weighted by molar-refractivity contribution is 0.0714. The average Bonchev–Trinajstić information content (AvgIpc) is 3.07. The van der Waals surface area contributed by atoms with Gasteiger partial charge in [0, 0.05) is 63.1 Å². The first kappa shape index (κ1) is 18.9. The molecule has 0 N–H and O–H groups in total. The largest absolute Gasteiger partial charge is 0.337 e. The fourth-order valence-corrected chi connectivity index (χ4v) is 4.98. The predicted octanol–water partition coefficient (Wildman–Crippen LogP) is 2.02. The molecule has 0 spiro atoms. The molecule has 1 atom stereocenters. The van der Waals surface area contributed by atoms with Gasteiger partial charge in [-0.05, 0) is 52.0 Å². The van der Waals surface area contributed by atoms with Gasteiger partial charge in [0.25, 0.3) is 5.91 Å². The second kappa shape index (κ2) is 8.31. The highest BCUT2D eigenvalue weighted by Crippen LogP contribution is 2.29. The molecule has 2 aliphatic heterocycles. The monoisotopic (exact) mass is 373 g/mol. The van der Waals surface area contributed by atoms with Crippen molar-refractivity contribution in [2.45, 2.75) is 64.5 Å². The molecular formula is C21H35N5O. The van der Waals surface area contributed by atoms with Crippen molar-refractivity contribution in [3.63, 3.8) is 0 Å². The van der Waals surface area contributed by atoms with Crippen molar-refractivity contribution in [2.75, 3.05) is 46.3 Å². The van der Waals surface area contributed by atoms with Gasteiger partial charge in [-0.1, -0.05) is 6.92 Å². The predicted molar refractivity (Wildman–Crippen MR) is 107 cm³/mol. The second-order valence-corrected chi connectivity index (χ2v) is 8.59. The van der Waals surface area contributed by atoms with E-state index in [9.17, 15) is 4.79 Å². The van der Waals surface area contributed by atoms with Gasteiger partial charge >= 0.3 is 0 Å². The third-order valence-electron chi connectivity index (χ3n) is 6.66. The first-order chi connectivity index (χ1) is 13.2. The van der Waals surface area contributed by atoms with E-state index in [1.165, 1.54) is 24.1 Å². The van der Waals surface area contributed by atoms with Gasteiger partial charge in [0.15, 0.2) is 5.69 Å². The van der Waals surface area contributed by atoms with Crippen LogP contribution in [0.1, 0.15) is 60.8 Å². The molecule has 2 saturated heterocycles. The van der Waals surface area contributed by atoms with Crippen molar-refractivity contribution in [3.05, 3.63) is 17.0 Å². The minimum Gasteiger partial charge on any atom is -0.337 e. The van der Waals surface area contributed by atoms with Crippen molar-refractivity contribution >= 4 is 5.91 Å². The van der Waals surface area contributed by atoms with Crippen LogP contribution in [0.2, 0.25) is 0 Å². The van der Waals surface area contributed by atoms with Gasteiger partial charge in [-0.2, -0.15) is 5.10 Å². The van der Waals surface area contributed by atoms with Gasteiger partial charge < -0.3 is 9.80 Å². The molecule has 1 unspecified atom stereocenters. The maximum Gasteiger partial charge on any atom is 0.274 e. The molecule has 6 nitrogen and oxygen atoms in total. The minimum atomic E-state index is 0.180. The molecule has 0 saturated carbocycles. The second-order valence-electron chi connectivity index (χ2n) is 8.59. The topological polar surface area (TPSA) is 44.6 Å². The minimum absolute atomic E-state index is 0.180. The molecule has 4 rings (SSSR count). The molecular weight excluding hydrogens is 338 g/mol. The maximum atomic E-state index is 13.2. The number of likely N-dealkylation sites (tertiary alicyclic amines) is 1. The molecule has 1 amide bonds. The highest BCUT2D eigenvalue weighted by molar-refractivity contribution is 5.94. The number of aryl methyl sites for hydroxylation is 1. The van der Waals surface area contributed by atoms with E-state index in [-0.39, 0.29) is 5.91 Å². The van der Waals surface area contributed by atoms with Crippen molar-refractivity contribution in [3.8, 4) is 0 Å². The highest BCUT2D eigenvalue weighted by atomic mass is 16.2. The van der Waals surface area contributed by atoms with Gasteiger partial charge in [-0.3, -0.25) is 14.4 Å². The molecule has 27 heavy (non-hydrogen) atoms. The first-order valence-electron chi connectivity index (χ1n) is 11.0. The molecule has 3 heterocycles. The Hall–Kier alpha value is -1.40. The quantitative estimate of drug-likeness (QED) is 0.810. The average molecular weight is 374 g/mol. The molecule has 0 bridgehead atoms. The number of hydrogen-bond donors (Lipinski definition) is 0. The molecule has 150 valence electrons. The zero-order valence-electron chi connectivity index (χ0n) is 17.1. The number of carbonyl (C=O) groups is 1. The van der Waals surface area contributed by atoms with Crippen molar-refractivity contribution < 1.29 is 4.79 Å². The fourth-order valence-electron chi connectivity index (χ4n) is 4.98. The molecule has 1 aliphatic carbocycles. The summed E-state index contributed by atoms with van der Waals surface area (Å²) in [5.74, 6) is 0.180. The summed E-state index contributed by atoms with van der Waals surface area (Å²) in [6, 6.07) is 0.568. The van der Waals surface area contributed by atoms with E-state index in [4.69, 9.17) is 5.10 Å². The lowest BCUT2D eigenvalue weighted by Crippen LogP contribution is -2.50. The van der Waals surface area contributed by atoms with E-state index in [1.807, 2.05) is 4.90 Å². The Morgan fingerprint density at radius 1 is 1.07 bits per heavy atom. The standard InChI is InChI=1S/C21H35N5O/c1-3-9-26-19-8-7-17(24-14-12-23(2)13-15-24)16-18(19)20(22-26)21(27)25-10-5-4-6-11-25/h17H,3-16H2,1-2H3. The molecule has 1 aromatic heterocycles. The lowest BCUT2D eigenvalue weighted by Gasteiger charge is -2.39. The number of likely N-dealkylation sites (N-methyl/N-ethyl adjacent to an activating group) is 1.